The summed E-state index contributed by atoms with van der Waals surface area (Å²) in [7, 11) is 0. The van der Waals surface area contributed by atoms with Gasteiger partial charge in [0.2, 0.25) is 0 Å². The summed E-state index contributed by atoms with van der Waals surface area (Å²) >= 11 is 0. The van der Waals surface area contributed by atoms with Gasteiger partial charge in [-0.2, -0.15) is 0 Å². The van der Waals surface area contributed by atoms with Crippen LogP contribution >= 0.6 is 0 Å². The summed E-state index contributed by atoms with van der Waals surface area (Å²) < 4.78 is 0. The Morgan fingerprint density at radius 1 is 1.12 bits per heavy atom. The molecule has 1 aromatic carbocycles. The fraction of sp³-hybridized carbons (Fsp3) is 0.333. The molecule has 2 aromatic rings. The number of benzene rings is 1. The van der Waals surface area contributed by atoms with Crippen LogP contribution in [0.5, 0.6) is 0 Å². The number of aromatic nitrogens is 1. The summed E-state index contributed by atoms with van der Waals surface area (Å²) in [6.45, 7) is 3.08. The average Bonchev–Trinajstić information content (AvgIpc) is 2.88. The number of anilines is 1. The van der Waals surface area contributed by atoms with E-state index >= 15 is 0 Å². The largest absolute Gasteiger partial charge is 0.379 e. The van der Waals surface area contributed by atoms with Crippen LogP contribution in [0.2, 0.25) is 0 Å². The van der Waals surface area contributed by atoms with Gasteiger partial charge in [0.05, 0.1) is 6.54 Å². The zero-order valence-electron chi connectivity index (χ0n) is 10.4. The summed E-state index contributed by atoms with van der Waals surface area (Å²) in [5, 5.41) is 3.40. The number of hydrogen-bond acceptors (Lipinski definition) is 1. The Morgan fingerprint density at radius 2 is 1.94 bits per heavy atom. The molecule has 0 radical (unpaired) electrons. The van der Waals surface area contributed by atoms with Crippen LogP contribution in [0, 0.1) is 0 Å². The molecular weight excluding hydrogens is 208 g/mol. The highest BCUT2D eigenvalue weighted by Gasteiger charge is 1.95. The number of unbranched alkanes of at least 4 members (excludes halogenated alkanes) is 1. The first-order chi connectivity index (χ1) is 8.38. The third-order valence-electron chi connectivity index (χ3n) is 2.92. The maximum atomic E-state index is 3.40. The monoisotopic (exact) mass is 228 g/mol. The molecule has 1 aromatic heterocycles. The van der Waals surface area contributed by atoms with Crippen LogP contribution in [0.4, 0.5) is 5.69 Å². The zero-order valence-corrected chi connectivity index (χ0v) is 10.4. The Hall–Kier alpha value is -1.70. The lowest BCUT2D eigenvalue weighted by molar-refractivity contribution is 0.795. The summed E-state index contributed by atoms with van der Waals surface area (Å²) in [6, 6.07) is 12.9. The van der Waals surface area contributed by atoms with Crippen molar-refractivity contribution in [3.63, 3.8) is 0 Å². The molecule has 0 saturated carbocycles. The number of hydrogen-bond donors (Lipinski definition) is 2. The molecule has 0 aliphatic heterocycles. The number of H-pyrrole nitrogens is 1. The molecule has 0 fully saturated rings. The van der Waals surface area contributed by atoms with Crippen molar-refractivity contribution in [3.05, 3.63) is 53.9 Å². The average molecular weight is 228 g/mol. The molecule has 2 heteroatoms. The van der Waals surface area contributed by atoms with Crippen LogP contribution in [-0.4, -0.2) is 4.98 Å². The maximum Gasteiger partial charge on any atom is 0.0551 e. The molecule has 2 N–H and O–H groups in total. The molecule has 0 bridgehead atoms. The topological polar surface area (TPSA) is 27.8 Å². The van der Waals surface area contributed by atoms with Gasteiger partial charge in [-0.1, -0.05) is 25.5 Å². The Bertz CT molecular complexity index is 415. The molecule has 90 valence electrons. The molecule has 0 amide bonds. The predicted octanol–water partition coefficient (Wildman–Crippen LogP) is 3.97. The number of aryl methyl sites for hydroxylation is 1. The van der Waals surface area contributed by atoms with Gasteiger partial charge in [-0.25, -0.2) is 0 Å². The number of nitrogens with one attached hydrogen (secondary N) is 2. The molecule has 0 saturated heterocycles. The van der Waals surface area contributed by atoms with Gasteiger partial charge in [-0.05, 0) is 42.7 Å². The fourth-order valence-electron chi connectivity index (χ4n) is 1.84. The quantitative estimate of drug-likeness (QED) is 0.769. The van der Waals surface area contributed by atoms with Gasteiger partial charge in [0.25, 0.3) is 0 Å². The fourth-order valence-corrected chi connectivity index (χ4v) is 1.84. The van der Waals surface area contributed by atoms with Crippen molar-refractivity contribution < 1.29 is 0 Å². The van der Waals surface area contributed by atoms with Crippen molar-refractivity contribution >= 4 is 5.69 Å². The molecule has 0 aliphatic carbocycles. The first kappa shape index (κ1) is 11.8. The number of rotatable bonds is 6. The molecule has 17 heavy (non-hydrogen) atoms. The lowest BCUT2D eigenvalue weighted by atomic mass is 10.1. The zero-order chi connectivity index (χ0) is 11.9. The van der Waals surface area contributed by atoms with Gasteiger partial charge in [0, 0.05) is 17.6 Å². The van der Waals surface area contributed by atoms with E-state index in [2.05, 4.69) is 47.6 Å². The van der Waals surface area contributed by atoms with Gasteiger partial charge < -0.3 is 10.3 Å². The van der Waals surface area contributed by atoms with Crippen LogP contribution in [-0.2, 0) is 13.0 Å². The van der Waals surface area contributed by atoms with Crippen LogP contribution in [0.25, 0.3) is 0 Å². The third kappa shape index (κ3) is 3.66. The first-order valence-electron chi connectivity index (χ1n) is 6.33. The molecule has 2 nitrogen and oxygen atoms in total. The maximum absolute atomic E-state index is 3.40. The van der Waals surface area contributed by atoms with E-state index in [-0.39, 0.29) is 0 Å². The van der Waals surface area contributed by atoms with Crippen LogP contribution < -0.4 is 5.32 Å². The van der Waals surface area contributed by atoms with Gasteiger partial charge in [-0.3, -0.25) is 0 Å². The van der Waals surface area contributed by atoms with Crippen molar-refractivity contribution in [1.82, 2.24) is 4.98 Å². The standard InChI is InChI=1S/C15H20N2/c1-2-3-5-13-7-9-14(10-8-13)17-12-15-6-4-11-16-15/h4,6-11,16-17H,2-3,5,12H2,1H3. The van der Waals surface area contributed by atoms with Gasteiger partial charge >= 0.3 is 0 Å². The smallest absolute Gasteiger partial charge is 0.0551 e. The first-order valence-corrected chi connectivity index (χ1v) is 6.33. The molecule has 2 rings (SSSR count). The summed E-state index contributed by atoms with van der Waals surface area (Å²) in [5.41, 5.74) is 3.82. The minimum atomic E-state index is 0.849. The van der Waals surface area contributed by atoms with E-state index in [0.29, 0.717) is 0 Å². The molecular formula is C15H20N2. The Kier molecular flexibility index (Phi) is 4.25. The van der Waals surface area contributed by atoms with E-state index in [9.17, 15) is 0 Å². The SMILES string of the molecule is CCCCc1ccc(NCc2ccc[nH]2)cc1. The molecule has 0 aliphatic rings. The van der Waals surface area contributed by atoms with Crippen molar-refractivity contribution in [2.24, 2.45) is 0 Å². The Labute approximate surface area is 103 Å². The van der Waals surface area contributed by atoms with Crippen molar-refractivity contribution in [3.8, 4) is 0 Å². The molecule has 1 heterocycles. The highest BCUT2D eigenvalue weighted by Crippen LogP contribution is 2.12. The summed E-state index contributed by atoms with van der Waals surface area (Å²) in [6.07, 6.45) is 5.67. The highest BCUT2D eigenvalue weighted by atomic mass is 14.9. The van der Waals surface area contributed by atoms with Crippen LogP contribution in [0.1, 0.15) is 31.0 Å². The molecule has 0 atom stereocenters. The van der Waals surface area contributed by atoms with Crippen molar-refractivity contribution in [2.45, 2.75) is 32.7 Å². The molecule has 0 spiro atoms. The van der Waals surface area contributed by atoms with E-state index in [0.717, 1.165) is 6.54 Å². The van der Waals surface area contributed by atoms with E-state index in [4.69, 9.17) is 0 Å². The summed E-state index contributed by atoms with van der Waals surface area (Å²) in [5.74, 6) is 0. The van der Waals surface area contributed by atoms with Gasteiger partial charge in [0.1, 0.15) is 0 Å². The van der Waals surface area contributed by atoms with E-state index in [1.54, 1.807) is 0 Å². The number of aromatic amines is 1. The van der Waals surface area contributed by atoms with E-state index in [1.165, 1.54) is 36.2 Å². The van der Waals surface area contributed by atoms with Gasteiger partial charge in [0.15, 0.2) is 0 Å². The normalized spacial score (nSPS) is 10.4. The third-order valence-corrected chi connectivity index (χ3v) is 2.92. The minimum absolute atomic E-state index is 0.849. The minimum Gasteiger partial charge on any atom is -0.379 e. The molecule has 0 unspecified atom stereocenters. The van der Waals surface area contributed by atoms with Crippen molar-refractivity contribution in [2.75, 3.05) is 5.32 Å². The second-order valence-electron chi connectivity index (χ2n) is 4.35. The lowest BCUT2D eigenvalue weighted by Crippen LogP contribution is -1.99. The predicted molar refractivity (Wildman–Crippen MR) is 73.2 cm³/mol. The second-order valence-corrected chi connectivity index (χ2v) is 4.35. The van der Waals surface area contributed by atoms with Crippen molar-refractivity contribution in [1.29, 1.82) is 0 Å². The Balaban J connectivity index is 1.85. The Morgan fingerprint density at radius 3 is 2.59 bits per heavy atom. The van der Waals surface area contributed by atoms with Crippen LogP contribution in [0.15, 0.2) is 42.6 Å². The van der Waals surface area contributed by atoms with E-state index < -0.39 is 0 Å². The van der Waals surface area contributed by atoms with Crippen LogP contribution in [0.3, 0.4) is 0 Å². The second kappa shape index (κ2) is 6.14. The van der Waals surface area contributed by atoms with Gasteiger partial charge in [-0.15, -0.1) is 0 Å². The summed E-state index contributed by atoms with van der Waals surface area (Å²) in [4.78, 5) is 3.18. The highest BCUT2D eigenvalue weighted by molar-refractivity contribution is 5.44. The lowest BCUT2D eigenvalue weighted by Gasteiger charge is -2.06. The van der Waals surface area contributed by atoms with E-state index in [1.807, 2.05) is 12.3 Å².